The van der Waals surface area contributed by atoms with Crippen LogP contribution in [0.4, 0.5) is 0 Å². The zero-order chi connectivity index (χ0) is 9.14. The predicted octanol–water partition coefficient (Wildman–Crippen LogP) is 1.58. The summed E-state index contributed by atoms with van der Waals surface area (Å²) >= 11 is 7.61. The number of alkyl halides is 1. The van der Waals surface area contributed by atoms with Crippen LogP contribution in [0.1, 0.15) is 13.3 Å². The molecule has 4 heteroatoms. The lowest BCUT2D eigenvalue weighted by molar-refractivity contribution is -0.130. The maximum atomic E-state index is 11.4. The Morgan fingerprint density at radius 2 is 2.42 bits per heavy atom. The SMILES string of the molecule is CC(Cl)C(=O)N(C)C1CCSC1. The Morgan fingerprint density at radius 1 is 1.75 bits per heavy atom. The summed E-state index contributed by atoms with van der Waals surface area (Å²) in [5.41, 5.74) is 0. The largest absolute Gasteiger partial charge is 0.341 e. The van der Waals surface area contributed by atoms with Crippen molar-refractivity contribution < 1.29 is 4.79 Å². The van der Waals surface area contributed by atoms with Crippen LogP contribution >= 0.6 is 23.4 Å². The third-order valence-electron chi connectivity index (χ3n) is 2.14. The minimum absolute atomic E-state index is 0.0455. The number of hydrogen-bond acceptors (Lipinski definition) is 2. The number of hydrogen-bond donors (Lipinski definition) is 0. The lowest BCUT2D eigenvalue weighted by Gasteiger charge is -2.24. The van der Waals surface area contributed by atoms with Gasteiger partial charge in [0.25, 0.3) is 0 Å². The molecule has 0 aromatic rings. The quantitative estimate of drug-likeness (QED) is 0.641. The molecule has 0 spiro atoms. The second-order valence-electron chi connectivity index (χ2n) is 3.08. The van der Waals surface area contributed by atoms with Gasteiger partial charge in [0, 0.05) is 18.8 Å². The van der Waals surface area contributed by atoms with Crippen molar-refractivity contribution in [1.82, 2.24) is 4.90 Å². The highest BCUT2D eigenvalue weighted by Gasteiger charge is 2.25. The molecular weight excluding hydrogens is 194 g/mol. The lowest BCUT2D eigenvalue weighted by atomic mass is 10.2. The molecule has 0 bridgehead atoms. The number of nitrogens with zero attached hydrogens (tertiary/aromatic N) is 1. The fourth-order valence-corrected chi connectivity index (χ4v) is 2.71. The fourth-order valence-electron chi connectivity index (χ4n) is 1.29. The number of halogens is 1. The standard InChI is InChI=1S/C8H14ClNOS/c1-6(9)8(11)10(2)7-3-4-12-5-7/h6-7H,3-5H2,1-2H3. The van der Waals surface area contributed by atoms with E-state index >= 15 is 0 Å². The van der Waals surface area contributed by atoms with E-state index in [0.717, 1.165) is 12.2 Å². The molecule has 0 saturated carbocycles. The first kappa shape index (κ1) is 10.2. The van der Waals surface area contributed by atoms with Crippen molar-refractivity contribution in [3.63, 3.8) is 0 Å². The molecule has 2 atom stereocenters. The maximum absolute atomic E-state index is 11.4. The first-order valence-electron chi connectivity index (χ1n) is 4.11. The number of amides is 1. The zero-order valence-corrected chi connectivity index (χ0v) is 8.99. The van der Waals surface area contributed by atoms with Crippen LogP contribution < -0.4 is 0 Å². The zero-order valence-electron chi connectivity index (χ0n) is 7.42. The number of carbonyl (C=O) groups is 1. The highest BCUT2D eigenvalue weighted by Crippen LogP contribution is 2.22. The molecule has 1 saturated heterocycles. The highest BCUT2D eigenvalue weighted by atomic mass is 35.5. The van der Waals surface area contributed by atoms with Crippen molar-refractivity contribution in [3.05, 3.63) is 0 Å². The average molecular weight is 208 g/mol. The second-order valence-corrected chi connectivity index (χ2v) is 4.89. The van der Waals surface area contributed by atoms with Crippen LogP contribution in [-0.4, -0.2) is 40.8 Å². The van der Waals surface area contributed by atoms with Crippen molar-refractivity contribution in [1.29, 1.82) is 0 Å². The summed E-state index contributed by atoms with van der Waals surface area (Å²) in [6.07, 6.45) is 1.11. The monoisotopic (exact) mass is 207 g/mol. The summed E-state index contributed by atoms with van der Waals surface area (Å²) in [5, 5.41) is -0.388. The van der Waals surface area contributed by atoms with Crippen LogP contribution in [0.2, 0.25) is 0 Å². The van der Waals surface area contributed by atoms with Gasteiger partial charge in [-0.05, 0) is 19.1 Å². The number of thioether (sulfide) groups is 1. The average Bonchev–Trinajstić information content (AvgIpc) is 2.53. The van der Waals surface area contributed by atoms with E-state index in [1.54, 1.807) is 11.8 Å². The van der Waals surface area contributed by atoms with Gasteiger partial charge in [-0.15, -0.1) is 11.6 Å². The van der Waals surface area contributed by atoms with Crippen LogP contribution in [0, 0.1) is 0 Å². The molecule has 0 N–H and O–H groups in total. The van der Waals surface area contributed by atoms with Gasteiger partial charge >= 0.3 is 0 Å². The molecule has 2 unspecified atom stereocenters. The van der Waals surface area contributed by atoms with Crippen LogP contribution in [-0.2, 0) is 4.79 Å². The number of rotatable bonds is 2. The molecule has 1 aliphatic rings. The Bertz CT molecular complexity index is 168. The van der Waals surface area contributed by atoms with Gasteiger partial charge in [0.2, 0.25) is 5.91 Å². The first-order chi connectivity index (χ1) is 5.63. The fraction of sp³-hybridized carbons (Fsp3) is 0.875. The molecule has 1 fully saturated rings. The molecule has 1 heterocycles. The maximum Gasteiger partial charge on any atom is 0.240 e. The Morgan fingerprint density at radius 3 is 2.83 bits per heavy atom. The highest BCUT2D eigenvalue weighted by molar-refractivity contribution is 7.99. The normalized spacial score (nSPS) is 25.4. The van der Waals surface area contributed by atoms with Gasteiger partial charge in [-0.2, -0.15) is 11.8 Å². The van der Waals surface area contributed by atoms with E-state index in [1.165, 1.54) is 5.75 Å². The molecule has 0 aromatic heterocycles. The summed E-state index contributed by atoms with van der Waals surface area (Å²) in [4.78, 5) is 13.2. The third-order valence-corrected chi connectivity index (χ3v) is 3.47. The predicted molar refractivity (Wildman–Crippen MR) is 53.8 cm³/mol. The van der Waals surface area contributed by atoms with E-state index in [4.69, 9.17) is 11.6 Å². The Kier molecular flexibility index (Phi) is 3.72. The van der Waals surface area contributed by atoms with E-state index < -0.39 is 0 Å². The Balaban J connectivity index is 2.45. The summed E-state index contributed by atoms with van der Waals surface area (Å²) < 4.78 is 0. The molecule has 70 valence electrons. The molecular formula is C8H14ClNOS. The summed E-state index contributed by atoms with van der Waals surface area (Å²) in [6.45, 7) is 1.72. The molecule has 1 amide bonds. The van der Waals surface area contributed by atoms with Gasteiger partial charge in [-0.1, -0.05) is 0 Å². The second kappa shape index (κ2) is 4.38. The Labute approximate surface area is 82.6 Å². The van der Waals surface area contributed by atoms with Crippen molar-refractivity contribution >= 4 is 29.3 Å². The smallest absolute Gasteiger partial charge is 0.240 e. The number of carbonyl (C=O) groups excluding carboxylic acids is 1. The van der Waals surface area contributed by atoms with Crippen LogP contribution in [0.5, 0.6) is 0 Å². The minimum atomic E-state index is -0.388. The first-order valence-corrected chi connectivity index (χ1v) is 5.70. The van der Waals surface area contributed by atoms with Gasteiger partial charge < -0.3 is 4.90 Å². The summed E-state index contributed by atoms with van der Waals surface area (Å²) in [7, 11) is 1.84. The van der Waals surface area contributed by atoms with Gasteiger partial charge in [-0.3, -0.25) is 4.79 Å². The topological polar surface area (TPSA) is 20.3 Å². The van der Waals surface area contributed by atoms with Gasteiger partial charge in [-0.25, -0.2) is 0 Å². The van der Waals surface area contributed by atoms with Crippen LogP contribution in [0.3, 0.4) is 0 Å². The van der Waals surface area contributed by atoms with E-state index in [-0.39, 0.29) is 11.3 Å². The molecule has 0 aliphatic carbocycles. The molecule has 1 rings (SSSR count). The molecule has 0 aromatic carbocycles. The van der Waals surface area contributed by atoms with Crippen LogP contribution in [0.15, 0.2) is 0 Å². The van der Waals surface area contributed by atoms with Gasteiger partial charge in [0.05, 0.1) is 0 Å². The molecule has 12 heavy (non-hydrogen) atoms. The van der Waals surface area contributed by atoms with Crippen LogP contribution in [0.25, 0.3) is 0 Å². The minimum Gasteiger partial charge on any atom is -0.341 e. The van der Waals surface area contributed by atoms with E-state index in [1.807, 2.05) is 18.8 Å². The van der Waals surface area contributed by atoms with E-state index in [0.29, 0.717) is 6.04 Å². The van der Waals surface area contributed by atoms with Gasteiger partial charge in [0.15, 0.2) is 0 Å². The lowest BCUT2D eigenvalue weighted by Crippen LogP contribution is -2.40. The van der Waals surface area contributed by atoms with E-state index in [9.17, 15) is 4.79 Å². The molecule has 0 radical (unpaired) electrons. The van der Waals surface area contributed by atoms with E-state index in [2.05, 4.69) is 0 Å². The third kappa shape index (κ3) is 2.30. The van der Waals surface area contributed by atoms with Gasteiger partial charge in [0.1, 0.15) is 5.38 Å². The molecule has 2 nitrogen and oxygen atoms in total. The van der Waals surface area contributed by atoms with Crippen molar-refractivity contribution in [2.24, 2.45) is 0 Å². The summed E-state index contributed by atoms with van der Waals surface area (Å²) in [5.74, 6) is 2.27. The molecule has 1 aliphatic heterocycles. The summed E-state index contributed by atoms with van der Waals surface area (Å²) in [6, 6.07) is 0.406. The Hall–Kier alpha value is 0.110. The van der Waals surface area contributed by atoms with Crippen molar-refractivity contribution in [3.8, 4) is 0 Å². The van der Waals surface area contributed by atoms with Crippen molar-refractivity contribution in [2.75, 3.05) is 18.6 Å². The van der Waals surface area contributed by atoms with Crippen molar-refractivity contribution in [2.45, 2.75) is 24.8 Å².